The Morgan fingerprint density at radius 2 is 2.12 bits per heavy atom. The van der Waals surface area contributed by atoms with Gasteiger partial charge in [-0.1, -0.05) is 0 Å². The van der Waals surface area contributed by atoms with Gasteiger partial charge in [-0.25, -0.2) is 8.78 Å². The summed E-state index contributed by atoms with van der Waals surface area (Å²) in [7, 11) is 0. The van der Waals surface area contributed by atoms with Crippen molar-refractivity contribution in [1.82, 2.24) is 0 Å². The van der Waals surface area contributed by atoms with Gasteiger partial charge in [-0.05, 0) is 22.0 Å². The molecule has 6 heteroatoms. The molecule has 1 heterocycles. The zero-order valence-corrected chi connectivity index (χ0v) is 9.80. The molecule has 2 atom stereocenters. The standard InChI is InChI=1S/C10H10BrF2NO2/c11-6-1-5(12)2-7(13)10(6)14-8-3-16-4-9(8)15/h1-2,8-9,14-15H,3-4H2. The zero-order valence-electron chi connectivity index (χ0n) is 8.21. The molecule has 2 unspecified atom stereocenters. The van der Waals surface area contributed by atoms with Gasteiger partial charge >= 0.3 is 0 Å². The number of aliphatic hydroxyl groups is 1. The first-order valence-corrected chi connectivity index (χ1v) is 5.54. The Kier molecular flexibility index (Phi) is 3.41. The molecule has 88 valence electrons. The van der Waals surface area contributed by atoms with Crippen LogP contribution >= 0.6 is 15.9 Å². The van der Waals surface area contributed by atoms with Gasteiger partial charge in [0.05, 0.1) is 31.0 Å². The molecule has 1 saturated heterocycles. The Labute approximate surface area is 99.5 Å². The highest BCUT2D eigenvalue weighted by Gasteiger charge is 2.27. The summed E-state index contributed by atoms with van der Waals surface area (Å²) in [6, 6.07) is 1.57. The number of benzene rings is 1. The molecule has 0 bridgehead atoms. The van der Waals surface area contributed by atoms with Crippen LogP contribution in [0.1, 0.15) is 0 Å². The Morgan fingerprint density at radius 1 is 1.38 bits per heavy atom. The first-order valence-electron chi connectivity index (χ1n) is 4.75. The van der Waals surface area contributed by atoms with Gasteiger partial charge in [-0.15, -0.1) is 0 Å². The van der Waals surface area contributed by atoms with Crippen LogP contribution in [0, 0.1) is 11.6 Å². The highest BCUT2D eigenvalue weighted by atomic mass is 79.9. The monoisotopic (exact) mass is 293 g/mol. The van der Waals surface area contributed by atoms with Crippen LogP contribution in [-0.2, 0) is 4.74 Å². The molecule has 1 aromatic rings. The number of halogens is 3. The second-order valence-electron chi connectivity index (χ2n) is 3.60. The van der Waals surface area contributed by atoms with Crippen LogP contribution in [0.25, 0.3) is 0 Å². The zero-order chi connectivity index (χ0) is 11.7. The molecule has 0 amide bonds. The van der Waals surface area contributed by atoms with Crippen LogP contribution in [0.2, 0.25) is 0 Å². The van der Waals surface area contributed by atoms with Gasteiger partial charge in [-0.3, -0.25) is 0 Å². The lowest BCUT2D eigenvalue weighted by molar-refractivity contribution is 0.125. The van der Waals surface area contributed by atoms with Crippen molar-refractivity contribution in [3.05, 3.63) is 28.2 Å². The summed E-state index contributed by atoms with van der Waals surface area (Å²) in [5, 5.41) is 12.3. The van der Waals surface area contributed by atoms with E-state index in [1.165, 1.54) is 0 Å². The number of ether oxygens (including phenoxy) is 1. The van der Waals surface area contributed by atoms with Crippen molar-refractivity contribution >= 4 is 21.6 Å². The molecule has 0 saturated carbocycles. The summed E-state index contributed by atoms with van der Waals surface area (Å²) >= 11 is 3.06. The van der Waals surface area contributed by atoms with Gasteiger partial charge in [0.2, 0.25) is 0 Å². The molecule has 0 radical (unpaired) electrons. The van der Waals surface area contributed by atoms with E-state index in [4.69, 9.17) is 4.74 Å². The predicted octanol–water partition coefficient (Wildman–Crippen LogP) is 1.90. The van der Waals surface area contributed by atoms with Crippen molar-refractivity contribution in [2.24, 2.45) is 0 Å². The molecule has 0 aliphatic carbocycles. The van der Waals surface area contributed by atoms with Crippen molar-refractivity contribution in [3.63, 3.8) is 0 Å². The third-order valence-electron chi connectivity index (χ3n) is 2.39. The van der Waals surface area contributed by atoms with E-state index in [1.54, 1.807) is 0 Å². The maximum atomic E-state index is 13.4. The predicted molar refractivity (Wildman–Crippen MR) is 58.3 cm³/mol. The SMILES string of the molecule is OC1COCC1Nc1c(F)cc(F)cc1Br. The lowest BCUT2D eigenvalue weighted by atomic mass is 10.2. The Balaban J connectivity index is 2.21. The normalized spacial score (nSPS) is 24.8. The number of hydrogen-bond acceptors (Lipinski definition) is 3. The quantitative estimate of drug-likeness (QED) is 0.875. The lowest BCUT2D eigenvalue weighted by Gasteiger charge is -2.17. The fourth-order valence-corrected chi connectivity index (χ4v) is 2.07. The summed E-state index contributed by atoms with van der Waals surface area (Å²) in [5.41, 5.74) is 0.135. The smallest absolute Gasteiger partial charge is 0.150 e. The number of nitrogens with one attached hydrogen (secondary N) is 1. The molecule has 2 rings (SSSR count). The van der Waals surface area contributed by atoms with Crippen LogP contribution in [0.3, 0.4) is 0 Å². The van der Waals surface area contributed by atoms with Crippen LogP contribution in [0.15, 0.2) is 16.6 Å². The largest absolute Gasteiger partial charge is 0.388 e. The van der Waals surface area contributed by atoms with Gasteiger partial charge in [0.1, 0.15) is 11.6 Å². The molecule has 2 N–H and O–H groups in total. The van der Waals surface area contributed by atoms with E-state index in [-0.39, 0.29) is 22.8 Å². The molecule has 16 heavy (non-hydrogen) atoms. The van der Waals surface area contributed by atoms with E-state index in [1.807, 2.05) is 0 Å². The molecule has 1 aliphatic rings. The minimum absolute atomic E-state index is 0.135. The third kappa shape index (κ3) is 2.34. The van der Waals surface area contributed by atoms with Crippen LogP contribution < -0.4 is 5.32 Å². The second kappa shape index (κ2) is 4.65. The van der Waals surface area contributed by atoms with Crippen molar-refractivity contribution in [1.29, 1.82) is 0 Å². The average Bonchev–Trinajstić information content (AvgIpc) is 2.57. The fraction of sp³-hybridized carbons (Fsp3) is 0.400. The number of anilines is 1. The Hall–Kier alpha value is -0.720. The van der Waals surface area contributed by atoms with E-state index in [0.717, 1.165) is 12.1 Å². The minimum Gasteiger partial charge on any atom is -0.388 e. The number of hydrogen-bond donors (Lipinski definition) is 2. The first kappa shape index (κ1) is 11.8. The molecule has 3 nitrogen and oxygen atoms in total. The molecular formula is C10H10BrF2NO2. The van der Waals surface area contributed by atoms with E-state index in [9.17, 15) is 13.9 Å². The minimum atomic E-state index is -0.703. The van der Waals surface area contributed by atoms with Crippen LogP contribution in [0.4, 0.5) is 14.5 Å². The molecule has 0 aromatic heterocycles. The highest BCUT2D eigenvalue weighted by Crippen LogP contribution is 2.28. The molecule has 1 fully saturated rings. The lowest BCUT2D eigenvalue weighted by Crippen LogP contribution is -2.32. The van der Waals surface area contributed by atoms with E-state index >= 15 is 0 Å². The summed E-state index contributed by atoms with van der Waals surface area (Å²) in [6.45, 7) is 0.516. The van der Waals surface area contributed by atoms with Crippen LogP contribution in [0.5, 0.6) is 0 Å². The molecule has 1 aromatic carbocycles. The maximum absolute atomic E-state index is 13.4. The first-order chi connectivity index (χ1) is 7.58. The van der Waals surface area contributed by atoms with Crippen molar-refractivity contribution in [2.75, 3.05) is 18.5 Å². The molecular weight excluding hydrogens is 284 g/mol. The summed E-state index contributed by atoms with van der Waals surface area (Å²) in [6.07, 6.45) is -0.684. The van der Waals surface area contributed by atoms with Gasteiger partial charge in [-0.2, -0.15) is 0 Å². The van der Waals surface area contributed by atoms with Crippen molar-refractivity contribution in [3.8, 4) is 0 Å². The van der Waals surface area contributed by atoms with Gasteiger partial charge in [0.15, 0.2) is 0 Å². The summed E-state index contributed by atoms with van der Waals surface area (Å²) in [5.74, 6) is -1.36. The third-order valence-corrected chi connectivity index (χ3v) is 3.01. The topological polar surface area (TPSA) is 41.5 Å². The van der Waals surface area contributed by atoms with Gasteiger partial charge in [0, 0.05) is 10.5 Å². The molecule has 1 aliphatic heterocycles. The number of rotatable bonds is 2. The average molecular weight is 294 g/mol. The van der Waals surface area contributed by atoms with E-state index in [0.29, 0.717) is 6.61 Å². The fourth-order valence-electron chi connectivity index (χ4n) is 1.55. The van der Waals surface area contributed by atoms with E-state index < -0.39 is 17.7 Å². The molecule has 0 spiro atoms. The second-order valence-corrected chi connectivity index (χ2v) is 4.45. The Morgan fingerprint density at radius 3 is 2.69 bits per heavy atom. The van der Waals surface area contributed by atoms with Gasteiger partial charge in [0.25, 0.3) is 0 Å². The number of aliphatic hydroxyl groups excluding tert-OH is 1. The van der Waals surface area contributed by atoms with Crippen molar-refractivity contribution in [2.45, 2.75) is 12.1 Å². The highest BCUT2D eigenvalue weighted by molar-refractivity contribution is 9.10. The van der Waals surface area contributed by atoms with Gasteiger partial charge < -0.3 is 15.2 Å². The summed E-state index contributed by atoms with van der Waals surface area (Å²) in [4.78, 5) is 0. The summed E-state index contributed by atoms with van der Waals surface area (Å²) < 4.78 is 31.6. The maximum Gasteiger partial charge on any atom is 0.150 e. The van der Waals surface area contributed by atoms with Crippen molar-refractivity contribution < 1.29 is 18.6 Å². The van der Waals surface area contributed by atoms with E-state index in [2.05, 4.69) is 21.2 Å². The Bertz CT molecular complexity index is 379. The van der Waals surface area contributed by atoms with Crippen LogP contribution in [-0.4, -0.2) is 30.5 Å².